The maximum Gasteiger partial charge on any atom is 0.246 e. The zero-order valence-corrected chi connectivity index (χ0v) is 19.5. The summed E-state index contributed by atoms with van der Waals surface area (Å²) in [6, 6.07) is 25.7. The average Bonchev–Trinajstić information content (AvgIpc) is 3.33. The van der Waals surface area contributed by atoms with Gasteiger partial charge in [0, 0.05) is 36.3 Å². The van der Waals surface area contributed by atoms with E-state index in [1.165, 1.54) is 0 Å². The summed E-state index contributed by atoms with van der Waals surface area (Å²) in [5, 5.41) is 4.00. The van der Waals surface area contributed by atoms with Gasteiger partial charge in [-0.3, -0.25) is 9.59 Å². The van der Waals surface area contributed by atoms with Gasteiger partial charge in [-0.25, -0.2) is 4.98 Å². The smallest absolute Gasteiger partial charge is 0.246 e. The predicted molar refractivity (Wildman–Crippen MR) is 138 cm³/mol. The van der Waals surface area contributed by atoms with Crippen LogP contribution in [0, 0.1) is 5.92 Å². The molecule has 1 N–H and O–H groups in total. The molecule has 3 aromatic carbocycles. The highest BCUT2D eigenvalue weighted by atomic mass is 32.1. The van der Waals surface area contributed by atoms with E-state index in [0.29, 0.717) is 25.9 Å². The Hall–Kier alpha value is -3.77. The number of para-hydroxylation sites is 1. The molecule has 0 aliphatic carbocycles. The Balaban J connectivity index is 1.18. The number of piperidine rings is 1. The van der Waals surface area contributed by atoms with Crippen molar-refractivity contribution in [2.24, 2.45) is 5.92 Å². The molecule has 1 aliphatic rings. The first kappa shape index (κ1) is 22.0. The number of nitrogens with zero attached hydrogens (tertiary/aromatic N) is 2. The Kier molecular flexibility index (Phi) is 6.49. The van der Waals surface area contributed by atoms with E-state index in [0.717, 1.165) is 32.0 Å². The van der Waals surface area contributed by atoms with Crippen LogP contribution in [-0.2, 0) is 9.59 Å². The molecule has 34 heavy (non-hydrogen) atoms. The van der Waals surface area contributed by atoms with E-state index in [9.17, 15) is 9.59 Å². The van der Waals surface area contributed by atoms with Crippen molar-refractivity contribution in [2.75, 3.05) is 18.4 Å². The van der Waals surface area contributed by atoms with Gasteiger partial charge in [-0.15, -0.1) is 11.3 Å². The van der Waals surface area contributed by atoms with Gasteiger partial charge >= 0.3 is 0 Å². The first-order valence-electron chi connectivity index (χ1n) is 11.4. The number of carbonyl (C=O) groups excluding carboxylic acids is 2. The summed E-state index contributed by atoms with van der Waals surface area (Å²) in [6.45, 7) is 1.17. The van der Waals surface area contributed by atoms with Crippen LogP contribution in [0.3, 0.4) is 0 Å². The number of nitrogens with one attached hydrogen (secondary N) is 1. The van der Waals surface area contributed by atoms with Crippen LogP contribution in [0.5, 0.6) is 0 Å². The summed E-state index contributed by atoms with van der Waals surface area (Å²) in [6.07, 6.45) is 4.77. The molecule has 0 unspecified atom stereocenters. The zero-order chi connectivity index (χ0) is 23.3. The number of anilines is 1. The number of carbonyl (C=O) groups is 2. The number of fused-ring (bicyclic) bond motifs is 1. The molecule has 4 aromatic rings. The number of hydrogen-bond donors (Lipinski definition) is 1. The van der Waals surface area contributed by atoms with E-state index in [2.05, 4.69) is 11.4 Å². The Labute approximate surface area is 202 Å². The second kappa shape index (κ2) is 10.0. The number of aromatic nitrogens is 1. The van der Waals surface area contributed by atoms with Crippen LogP contribution in [0.2, 0.25) is 0 Å². The molecular weight excluding hydrogens is 442 g/mol. The molecule has 0 bridgehead atoms. The average molecular weight is 468 g/mol. The standard InChI is InChI=1S/C28H25N3O2S/c32-26(14-13-20-7-2-1-3-8-20)31-17-15-21(16-18-31)27(33)29-23-10-6-9-22(19-23)28-30-24-11-4-5-12-25(24)34-28/h1-14,19,21H,15-18H2,(H,29,33)/b14-13+. The molecule has 5 rings (SSSR count). The van der Waals surface area contributed by atoms with Crippen LogP contribution in [-0.4, -0.2) is 34.8 Å². The first-order valence-corrected chi connectivity index (χ1v) is 12.3. The zero-order valence-electron chi connectivity index (χ0n) is 18.7. The van der Waals surface area contributed by atoms with E-state index in [1.807, 2.05) is 83.8 Å². The molecule has 0 radical (unpaired) electrons. The minimum absolute atomic E-state index is 0.00776. The lowest BCUT2D eigenvalue weighted by atomic mass is 9.95. The van der Waals surface area contributed by atoms with E-state index in [1.54, 1.807) is 17.4 Å². The minimum Gasteiger partial charge on any atom is -0.339 e. The van der Waals surface area contributed by atoms with Crippen LogP contribution in [0.4, 0.5) is 5.69 Å². The lowest BCUT2D eigenvalue weighted by molar-refractivity contribution is -0.130. The van der Waals surface area contributed by atoms with Crippen molar-refractivity contribution >= 4 is 45.1 Å². The molecule has 5 nitrogen and oxygen atoms in total. The third-order valence-corrected chi connectivity index (χ3v) is 7.15. The van der Waals surface area contributed by atoms with Crippen molar-refractivity contribution in [3.8, 4) is 10.6 Å². The van der Waals surface area contributed by atoms with Crippen LogP contribution in [0.25, 0.3) is 26.9 Å². The maximum absolute atomic E-state index is 12.9. The molecule has 2 heterocycles. The van der Waals surface area contributed by atoms with Crippen molar-refractivity contribution in [3.63, 3.8) is 0 Å². The van der Waals surface area contributed by atoms with Crippen molar-refractivity contribution < 1.29 is 9.59 Å². The van der Waals surface area contributed by atoms with Gasteiger partial charge in [0.05, 0.1) is 10.2 Å². The Morgan fingerprint density at radius 3 is 2.50 bits per heavy atom. The fraction of sp³-hybridized carbons (Fsp3) is 0.179. The quantitative estimate of drug-likeness (QED) is 0.374. The van der Waals surface area contributed by atoms with Gasteiger partial charge in [-0.1, -0.05) is 54.6 Å². The largest absolute Gasteiger partial charge is 0.339 e. The van der Waals surface area contributed by atoms with Gasteiger partial charge in [0.1, 0.15) is 5.01 Å². The van der Waals surface area contributed by atoms with Crippen LogP contribution in [0.1, 0.15) is 18.4 Å². The molecule has 0 spiro atoms. The molecule has 1 aromatic heterocycles. The molecule has 0 saturated carbocycles. The number of likely N-dealkylation sites (tertiary alicyclic amines) is 1. The summed E-state index contributed by atoms with van der Waals surface area (Å²) in [4.78, 5) is 31.9. The first-order chi connectivity index (χ1) is 16.7. The highest BCUT2D eigenvalue weighted by Crippen LogP contribution is 2.31. The van der Waals surface area contributed by atoms with E-state index in [4.69, 9.17) is 4.98 Å². The molecule has 2 amide bonds. The Morgan fingerprint density at radius 1 is 0.941 bits per heavy atom. The number of rotatable bonds is 5. The summed E-state index contributed by atoms with van der Waals surface area (Å²) in [5.41, 5.74) is 3.74. The van der Waals surface area contributed by atoms with Crippen LogP contribution in [0.15, 0.2) is 84.9 Å². The molecule has 170 valence electrons. The van der Waals surface area contributed by atoms with E-state index in [-0.39, 0.29) is 17.7 Å². The summed E-state index contributed by atoms with van der Waals surface area (Å²) in [5.74, 6) is -0.104. The normalized spacial score (nSPS) is 14.5. The third-order valence-electron chi connectivity index (χ3n) is 6.07. The van der Waals surface area contributed by atoms with Crippen molar-refractivity contribution in [1.29, 1.82) is 0 Å². The predicted octanol–water partition coefficient (Wildman–Crippen LogP) is 5.85. The number of thiazole rings is 1. The summed E-state index contributed by atoms with van der Waals surface area (Å²) < 4.78 is 1.15. The SMILES string of the molecule is O=C(Nc1cccc(-c2nc3ccccc3s2)c1)C1CCN(C(=O)/C=C/c2ccccc2)CC1. The van der Waals surface area contributed by atoms with Crippen molar-refractivity contribution in [2.45, 2.75) is 12.8 Å². The second-order valence-electron chi connectivity index (χ2n) is 8.40. The number of benzene rings is 3. The van der Waals surface area contributed by atoms with Gasteiger partial charge in [-0.2, -0.15) is 0 Å². The van der Waals surface area contributed by atoms with Gasteiger partial charge < -0.3 is 10.2 Å². The third kappa shape index (κ3) is 5.07. The lowest BCUT2D eigenvalue weighted by Gasteiger charge is -2.30. The minimum atomic E-state index is -0.103. The molecular formula is C28H25N3O2S. The number of hydrogen-bond acceptors (Lipinski definition) is 4. The van der Waals surface area contributed by atoms with Crippen LogP contribution < -0.4 is 5.32 Å². The molecule has 1 saturated heterocycles. The summed E-state index contributed by atoms with van der Waals surface area (Å²) >= 11 is 1.64. The topological polar surface area (TPSA) is 62.3 Å². The van der Waals surface area contributed by atoms with E-state index >= 15 is 0 Å². The van der Waals surface area contributed by atoms with Gasteiger partial charge in [0.15, 0.2) is 0 Å². The highest BCUT2D eigenvalue weighted by molar-refractivity contribution is 7.21. The lowest BCUT2D eigenvalue weighted by Crippen LogP contribution is -2.40. The molecule has 0 atom stereocenters. The highest BCUT2D eigenvalue weighted by Gasteiger charge is 2.26. The summed E-state index contributed by atoms with van der Waals surface area (Å²) in [7, 11) is 0. The molecule has 6 heteroatoms. The van der Waals surface area contributed by atoms with Crippen molar-refractivity contribution in [1.82, 2.24) is 9.88 Å². The molecule has 1 aliphatic heterocycles. The van der Waals surface area contributed by atoms with Crippen LogP contribution >= 0.6 is 11.3 Å². The fourth-order valence-corrected chi connectivity index (χ4v) is 5.13. The number of amides is 2. The molecule has 1 fully saturated rings. The second-order valence-corrected chi connectivity index (χ2v) is 9.43. The van der Waals surface area contributed by atoms with Gasteiger partial charge in [0.25, 0.3) is 0 Å². The Morgan fingerprint density at radius 2 is 1.71 bits per heavy atom. The van der Waals surface area contributed by atoms with Gasteiger partial charge in [0.2, 0.25) is 11.8 Å². The fourth-order valence-electron chi connectivity index (χ4n) is 4.17. The van der Waals surface area contributed by atoms with E-state index < -0.39 is 0 Å². The van der Waals surface area contributed by atoms with Crippen molar-refractivity contribution in [3.05, 3.63) is 90.5 Å². The monoisotopic (exact) mass is 467 g/mol. The van der Waals surface area contributed by atoms with Gasteiger partial charge in [-0.05, 0) is 48.7 Å². The maximum atomic E-state index is 12.9. The Bertz CT molecular complexity index is 1310.